The maximum atomic E-state index is 5.90. The van der Waals surface area contributed by atoms with Crippen molar-refractivity contribution in [2.75, 3.05) is 0 Å². The molecule has 2 aliphatic heterocycles. The molecule has 0 aromatic heterocycles. The normalized spacial score (nSPS) is 31.8. The van der Waals surface area contributed by atoms with Gasteiger partial charge in [-0.3, -0.25) is 0 Å². The quantitative estimate of drug-likeness (QED) is 0.882. The fourth-order valence-electron chi connectivity index (χ4n) is 3.26. The van der Waals surface area contributed by atoms with Gasteiger partial charge in [-0.05, 0) is 56.7 Å². The van der Waals surface area contributed by atoms with Crippen LogP contribution in [0.3, 0.4) is 0 Å². The molecular formula is C16H23NO. The topological polar surface area (TPSA) is 21.3 Å². The first kappa shape index (κ1) is 12.2. The largest absolute Gasteiger partial charge is 0.373 e. The van der Waals surface area contributed by atoms with E-state index in [1.54, 1.807) is 0 Å². The number of aryl methyl sites for hydroxylation is 2. The van der Waals surface area contributed by atoms with Crippen LogP contribution in [0.4, 0.5) is 0 Å². The highest BCUT2D eigenvalue weighted by Crippen LogP contribution is 2.35. The Hall–Kier alpha value is -0.860. The highest BCUT2D eigenvalue weighted by atomic mass is 16.5. The number of ether oxygens (including phenoxy) is 1. The molecule has 0 spiro atoms. The first-order valence-corrected chi connectivity index (χ1v) is 7.12. The smallest absolute Gasteiger partial charge is 0.0733 e. The van der Waals surface area contributed by atoms with Crippen LogP contribution in [0.25, 0.3) is 0 Å². The van der Waals surface area contributed by atoms with E-state index in [1.807, 2.05) is 0 Å². The minimum absolute atomic E-state index is 0.414. The Morgan fingerprint density at radius 3 is 2.67 bits per heavy atom. The van der Waals surface area contributed by atoms with E-state index in [0.29, 0.717) is 24.3 Å². The highest BCUT2D eigenvalue weighted by Gasteiger charge is 2.40. The fraction of sp³-hybridized carbons (Fsp3) is 0.625. The number of fused-ring (bicyclic) bond motifs is 2. The van der Waals surface area contributed by atoms with Gasteiger partial charge in [0.05, 0.1) is 12.2 Å². The van der Waals surface area contributed by atoms with Gasteiger partial charge in [-0.1, -0.05) is 18.2 Å². The standard InChI is InChI=1S/C16H23NO/c1-10-4-5-13(8-11(10)2)12(3)17-15-9-14-6-7-16(15)18-14/h4-5,8,12,14-17H,6-7,9H2,1-3H3. The Morgan fingerprint density at radius 1 is 1.22 bits per heavy atom. The molecule has 2 heterocycles. The minimum Gasteiger partial charge on any atom is -0.373 e. The van der Waals surface area contributed by atoms with Crippen molar-refractivity contribution in [1.29, 1.82) is 0 Å². The van der Waals surface area contributed by atoms with Gasteiger partial charge in [0.15, 0.2) is 0 Å². The molecular weight excluding hydrogens is 222 g/mol. The summed E-state index contributed by atoms with van der Waals surface area (Å²) in [5.74, 6) is 0. The van der Waals surface area contributed by atoms with Gasteiger partial charge in [-0.15, -0.1) is 0 Å². The first-order chi connectivity index (χ1) is 8.63. The van der Waals surface area contributed by atoms with Crippen LogP contribution < -0.4 is 5.32 Å². The zero-order valence-corrected chi connectivity index (χ0v) is 11.6. The molecule has 2 aliphatic rings. The second-order valence-corrected chi connectivity index (χ2v) is 5.95. The second-order valence-electron chi connectivity index (χ2n) is 5.95. The molecule has 0 radical (unpaired) electrons. The number of nitrogens with one attached hydrogen (secondary N) is 1. The highest BCUT2D eigenvalue weighted by molar-refractivity contribution is 5.31. The minimum atomic E-state index is 0.414. The lowest BCUT2D eigenvalue weighted by Crippen LogP contribution is -2.39. The van der Waals surface area contributed by atoms with Gasteiger partial charge in [0.1, 0.15) is 0 Å². The number of rotatable bonds is 3. The van der Waals surface area contributed by atoms with Crippen molar-refractivity contribution in [1.82, 2.24) is 5.32 Å². The maximum Gasteiger partial charge on any atom is 0.0733 e. The summed E-state index contributed by atoms with van der Waals surface area (Å²) in [6, 6.07) is 7.74. The van der Waals surface area contributed by atoms with Gasteiger partial charge in [-0.25, -0.2) is 0 Å². The van der Waals surface area contributed by atoms with Crippen LogP contribution >= 0.6 is 0 Å². The molecule has 2 fully saturated rings. The van der Waals surface area contributed by atoms with Crippen LogP contribution in [0.15, 0.2) is 18.2 Å². The summed E-state index contributed by atoms with van der Waals surface area (Å²) in [7, 11) is 0. The lowest BCUT2D eigenvalue weighted by atomic mass is 9.94. The van der Waals surface area contributed by atoms with Gasteiger partial charge in [-0.2, -0.15) is 0 Å². The Kier molecular flexibility index (Phi) is 3.16. The predicted molar refractivity (Wildman–Crippen MR) is 73.8 cm³/mol. The zero-order chi connectivity index (χ0) is 12.7. The van der Waals surface area contributed by atoms with E-state index in [4.69, 9.17) is 4.74 Å². The van der Waals surface area contributed by atoms with E-state index < -0.39 is 0 Å². The van der Waals surface area contributed by atoms with Crippen molar-refractivity contribution in [2.45, 2.75) is 64.3 Å². The molecule has 18 heavy (non-hydrogen) atoms. The summed E-state index contributed by atoms with van der Waals surface area (Å²) in [5, 5.41) is 3.75. The molecule has 1 aromatic rings. The lowest BCUT2D eigenvalue weighted by Gasteiger charge is -2.25. The molecule has 0 amide bonds. The molecule has 98 valence electrons. The molecule has 2 bridgehead atoms. The SMILES string of the molecule is Cc1ccc(C(C)NC2CC3CCC2O3)cc1C. The molecule has 4 atom stereocenters. The maximum absolute atomic E-state index is 5.90. The Balaban J connectivity index is 1.67. The van der Waals surface area contributed by atoms with Crippen LogP contribution in [-0.4, -0.2) is 18.2 Å². The zero-order valence-electron chi connectivity index (χ0n) is 11.6. The summed E-state index contributed by atoms with van der Waals surface area (Å²) in [4.78, 5) is 0. The molecule has 0 saturated carbocycles. The van der Waals surface area contributed by atoms with E-state index in [9.17, 15) is 0 Å². The summed E-state index contributed by atoms with van der Waals surface area (Å²) < 4.78 is 5.90. The van der Waals surface area contributed by atoms with E-state index >= 15 is 0 Å². The average molecular weight is 245 g/mol. The molecule has 1 aromatic carbocycles. The third kappa shape index (κ3) is 2.19. The monoisotopic (exact) mass is 245 g/mol. The van der Waals surface area contributed by atoms with Crippen LogP contribution in [0.1, 0.15) is 48.9 Å². The molecule has 4 unspecified atom stereocenters. The third-order valence-electron chi connectivity index (χ3n) is 4.60. The van der Waals surface area contributed by atoms with Crippen LogP contribution in [0, 0.1) is 13.8 Å². The van der Waals surface area contributed by atoms with E-state index in [-0.39, 0.29) is 0 Å². The van der Waals surface area contributed by atoms with E-state index in [0.717, 1.165) is 0 Å². The lowest BCUT2D eigenvalue weighted by molar-refractivity contribution is 0.0962. The predicted octanol–water partition coefficient (Wildman–Crippen LogP) is 3.27. The summed E-state index contributed by atoms with van der Waals surface area (Å²) in [5.41, 5.74) is 4.14. The van der Waals surface area contributed by atoms with E-state index in [1.165, 1.54) is 36.0 Å². The molecule has 1 N–H and O–H groups in total. The van der Waals surface area contributed by atoms with Crippen molar-refractivity contribution < 1.29 is 4.74 Å². The van der Waals surface area contributed by atoms with Crippen molar-refractivity contribution in [3.63, 3.8) is 0 Å². The molecule has 2 saturated heterocycles. The van der Waals surface area contributed by atoms with Crippen LogP contribution in [-0.2, 0) is 4.74 Å². The molecule has 2 nitrogen and oxygen atoms in total. The molecule has 2 heteroatoms. The van der Waals surface area contributed by atoms with Crippen LogP contribution in [0.2, 0.25) is 0 Å². The Morgan fingerprint density at radius 2 is 2.06 bits per heavy atom. The average Bonchev–Trinajstić information content (AvgIpc) is 2.94. The van der Waals surface area contributed by atoms with Crippen LogP contribution in [0.5, 0.6) is 0 Å². The van der Waals surface area contributed by atoms with Crippen molar-refractivity contribution in [3.05, 3.63) is 34.9 Å². The van der Waals surface area contributed by atoms with Gasteiger partial charge in [0.25, 0.3) is 0 Å². The van der Waals surface area contributed by atoms with E-state index in [2.05, 4.69) is 44.3 Å². The number of hydrogen-bond donors (Lipinski definition) is 1. The third-order valence-corrected chi connectivity index (χ3v) is 4.60. The molecule has 3 rings (SSSR count). The Labute approximate surface area is 110 Å². The number of hydrogen-bond acceptors (Lipinski definition) is 2. The van der Waals surface area contributed by atoms with Crippen molar-refractivity contribution in [3.8, 4) is 0 Å². The van der Waals surface area contributed by atoms with Crippen molar-refractivity contribution >= 4 is 0 Å². The first-order valence-electron chi connectivity index (χ1n) is 7.12. The summed E-state index contributed by atoms with van der Waals surface area (Å²) >= 11 is 0. The van der Waals surface area contributed by atoms with Gasteiger partial charge in [0, 0.05) is 12.1 Å². The van der Waals surface area contributed by atoms with Gasteiger partial charge >= 0.3 is 0 Å². The second kappa shape index (κ2) is 4.67. The van der Waals surface area contributed by atoms with Gasteiger partial charge < -0.3 is 10.1 Å². The summed E-state index contributed by atoms with van der Waals surface area (Å²) in [6.07, 6.45) is 4.69. The fourth-order valence-corrected chi connectivity index (χ4v) is 3.26. The molecule has 0 aliphatic carbocycles. The Bertz CT molecular complexity index is 443. The van der Waals surface area contributed by atoms with Gasteiger partial charge in [0.2, 0.25) is 0 Å². The number of benzene rings is 1. The van der Waals surface area contributed by atoms with Crippen molar-refractivity contribution in [2.24, 2.45) is 0 Å². The summed E-state index contributed by atoms with van der Waals surface area (Å²) in [6.45, 7) is 6.61.